The molecule has 0 bridgehead atoms. The summed E-state index contributed by atoms with van der Waals surface area (Å²) in [7, 11) is 0. The molecule has 5 nitrogen and oxygen atoms in total. The van der Waals surface area contributed by atoms with E-state index in [0.717, 1.165) is 22.8 Å². The topological polar surface area (TPSA) is 68.5 Å². The van der Waals surface area contributed by atoms with E-state index in [-0.39, 0.29) is 27.7 Å². The van der Waals surface area contributed by atoms with Crippen molar-refractivity contribution >= 4 is 22.8 Å². The minimum Gasteiger partial charge on any atom is -0.503 e. The molecule has 1 heterocycles. The maximum atomic E-state index is 14.9. The SMILES string of the molecule is Cc1c([C@@H](C)C(=O)OC(C)C)c2c(F)c(O)c(F)cc2n1C(=O)c1cccc(F)c1. The number of carbonyl (C=O) groups is 2. The van der Waals surface area contributed by atoms with Crippen molar-refractivity contribution in [3.63, 3.8) is 0 Å². The van der Waals surface area contributed by atoms with Crippen LogP contribution in [0, 0.1) is 24.4 Å². The van der Waals surface area contributed by atoms with Crippen molar-refractivity contribution in [2.75, 3.05) is 0 Å². The monoisotopic (exact) mass is 419 g/mol. The molecule has 0 unspecified atom stereocenters. The van der Waals surface area contributed by atoms with Crippen molar-refractivity contribution in [1.29, 1.82) is 0 Å². The van der Waals surface area contributed by atoms with Gasteiger partial charge in [0.05, 0.1) is 17.5 Å². The van der Waals surface area contributed by atoms with Crippen LogP contribution in [0.2, 0.25) is 0 Å². The number of fused-ring (bicyclic) bond motifs is 1. The molecule has 8 heteroatoms. The molecule has 0 amide bonds. The van der Waals surface area contributed by atoms with Gasteiger partial charge in [-0.25, -0.2) is 13.2 Å². The van der Waals surface area contributed by atoms with Gasteiger partial charge in [-0.15, -0.1) is 0 Å². The smallest absolute Gasteiger partial charge is 0.313 e. The Hall–Kier alpha value is -3.29. The van der Waals surface area contributed by atoms with E-state index in [1.165, 1.54) is 26.0 Å². The summed E-state index contributed by atoms with van der Waals surface area (Å²) in [5, 5.41) is 9.50. The minimum atomic E-state index is -1.29. The number of nitrogens with zero attached hydrogens (tertiary/aromatic N) is 1. The van der Waals surface area contributed by atoms with Crippen LogP contribution in [0.4, 0.5) is 13.2 Å². The number of rotatable bonds is 4. The summed E-state index contributed by atoms with van der Waals surface area (Å²) in [6.07, 6.45) is -0.432. The largest absolute Gasteiger partial charge is 0.503 e. The van der Waals surface area contributed by atoms with Crippen LogP contribution in [0.25, 0.3) is 10.9 Å². The van der Waals surface area contributed by atoms with Crippen LogP contribution in [0.5, 0.6) is 5.75 Å². The summed E-state index contributed by atoms with van der Waals surface area (Å²) in [6.45, 7) is 6.22. The zero-order valence-electron chi connectivity index (χ0n) is 16.8. The number of phenols is 1. The number of benzene rings is 2. The van der Waals surface area contributed by atoms with Crippen LogP contribution >= 0.6 is 0 Å². The Morgan fingerprint density at radius 1 is 1.10 bits per heavy atom. The van der Waals surface area contributed by atoms with Gasteiger partial charge in [0.15, 0.2) is 17.4 Å². The average molecular weight is 419 g/mol. The van der Waals surface area contributed by atoms with E-state index >= 15 is 0 Å². The lowest BCUT2D eigenvalue weighted by atomic mass is 9.97. The molecule has 0 aliphatic carbocycles. The molecule has 0 saturated heterocycles. The Labute approximate surface area is 170 Å². The van der Waals surface area contributed by atoms with Gasteiger partial charge in [0, 0.05) is 22.7 Å². The minimum absolute atomic E-state index is 0.0483. The van der Waals surface area contributed by atoms with E-state index in [1.807, 2.05) is 0 Å². The van der Waals surface area contributed by atoms with Crippen molar-refractivity contribution in [1.82, 2.24) is 4.57 Å². The molecule has 1 aromatic heterocycles. The van der Waals surface area contributed by atoms with Crippen molar-refractivity contribution in [2.24, 2.45) is 0 Å². The van der Waals surface area contributed by atoms with Crippen molar-refractivity contribution < 1.29 is 32.6 Å². The van der Waals surface area contributed by atoms with Gasteiger partial charge in [0.1, 0.15) is 5.82 Å². The maximum absolute atomic E-state index is 14.9. The summed E-state index contributed by atoms with van der Waals surface area (Å²) in [5.41, 5.74) is -0.00817. The van der Waals surface area contributed by atoms with E-state index < -0.39 is 47.1 Å². The summed E-state index contributed by atoms with van der Waals surface area (Å²) in [6, 6.07) is 5.66. The molecule has 0 radical (unpaired) electrons. The third-order valence-electron chi connectivity index (χ3n) is 4.82. The van der Waals surface area contributed by atoms with Gasteiger partial charge in [-0.05, 0) is 51.5 Å². The maximum Gasteiger partial charge on any atom is 0.313 e. The first-order valence-corrected chi connectivity index (χ1v) is 9.27. The Balaban J connectivity index is 2.32. The number of hydrogen-bond donors (Lipinski definition) is 1. The van der Waals surface area contributed by atoms with Crippen molar-refractivity contribution in [2.45, 2.75) is 39.7 Å². The van der Waals surface area contributed by atoms with Gasteiger partial charge in [-0.2, -0.15) is 0 Å². The number of esters is 1. The number of aromatic hydroxyl groups is 1. The Bertz CT molecular complexity index is 1170. The lowest BCUT2D eigenvalue weighted by Gasteiger charge is -2.15. The number of ether oxygens (including phenoxy) is 1. The normalized spacial score (nSPS) is 12.4. The second kappa shape index (κ2) is 7.85. The van der Waals surface area contributed by atoms with Gasteiger partial charge in [0.2, 0.25) is 0 Å². The fraction of sp³-hybridized carbons (Fsp3) is 0.273. The number of halogens is 3. The van der Waals surface area contributed by atoms with Gasteiger partial charge in [0.25, 0.3) is 5.91 Å². The molecule has 0 spiro atoms. The molecular formula is C22H20F3NO4. The zero-order valence-corrected chi connectivity index (χ0v) is 16.8. The molecule has 0 fully saturated rings. The highest BCUT2D eigenvalue weighted by atomic mass is 19.1. The van der Waals surface area contributed by atoms with Gasteiger partial charge < -0.3 is 9.84 Å². The van der Waals surface area contributed by atoms with Crippen LogP contribution in [0.3, 0.4) is 0 Å². The van der Waals surface area contributed by atoms with Gasteiger partial charge >= 0.3 is 5.97 Å². The molecule has 3 rings (SSSR count). The van der Waals surface area contributed by atoms with E-state index in [1.54, 1.807) is 13.8 Å². The molecular weight excluding hydrogens is 399 g/mol. The van der Waals surface area contributed by atoms with E-state index in [0.29, 0.717) is 0 Å². The molecule has 0 aliphatic heterocycles. The summed E-state index contributed by atoms with van der Waals surface area (Å²) >= 11 is 0. The second-order valence-corrected chi connectivity index (χ2v) is 7.27. The highest BCUT2D eigenvalue weighted by Crippen LogP contribution is 2.39. The molecule has 0 saturated carbocycles. The van der Waals surface area contributed by atoms with Crippen LogP contribution < -0.4 is 0 Å². The summed E-state index contributed by atoms with van der Waals surface area (Å²) in [4.78, 5) is 25.6. The van der Waals surface area contributed by atoms with E-state index in [4.69, 9.17) is 4.74 Å². The van der Waals surface area contributed by atoms with Crippen LogP contribution in [0.1, 0.15) is 48.3 Å². The fourth-order valence-electron chi connectivity index (χ4n) is 3.51. The van der Waals surface area contributed by atoms with E-state index in [2.05, 4.69) is 0 Å². The first kappa shape index (κ1) is 21.4. The molecule has 1 N–H and O–H groups in total. The predicted molar refractivity (Wildman–Crippen MR) is 104 cm³/mol. The molecule has 158 valence electrons. The quantitative estimate of drug-likeness (QED) is 0.616. The Kier molecular flexibility index (Phi) is 5.61. The zero-order chi connectivity index (χ0) is 22.3. The van der Waals surface area contributed by atoms with Crippen LogP contribution in [0.15, 0.2) is 30.3 Å². The first-order valence-electron chi connectivity index (χ1n) is 9.27. The number of hydrogen-bond acceptors (Lipinski definition) is 4. The third-order valence-corrected chi connectivity index (χ3v) is 4.82. The molecule has 30 heavy (non-hydrogen) atoms. The molecule has 2 aromatic carbocycles. The van der Waals surface area contributed by atoms with Crippen LogP contribution in [-0.2, 0) is 9.53 Å². The number of aromatic nitrogens is 1. The molecule has 1 atom stereocenters. The first-order chi connectivity index (χ1) is 14.0. The predicted octanol–water partition coefficient (Wildman–Crippen LogP) is 4.82. The average Bonchev–Trinajstić information content (AvgIpc) is 2.96. The fourth-order valence-corrected chi connectivity index (χ4v) is 3.51. The molecule has 0 aliphatic rings. The Morgan fingerprint density at radius 2 is 1.77 bits per heavy atom. The number of carbonyl (C=O) groups excluding carboxylic acids is 2. The Morgan fingerprint density at radius 3 is 2.37 bits per heavy atom. The van der Waals surface area contributed by atoms with Gasteiger partial charge in [-0.3, -0.25) is 14.2 Å². The standard InChI is InChI=1S/C22H20F3NO4/c1-10(2)30-22(29)11(3)17-12(4)26(21(28)13-6-5-7-14(23)8-13)16-9-15(24)20(27)19(25)18(16)17/h5-11,27H,1-4H3/t11-/m1/s1. The van der Waals surface area contributed by atoms with Crippen LogP contribution in [-0.4, -0.2) is 27.7 Å². The van der Waals surface area contributed by atoms with Gasteiger partial charge in [-0.1, -0.05) is 6.07 Å². The summed E-state index contributed by atoms with van der Waals surface area (Å²) in [5.74, 6) is -6.86. The van der Waals surface area contributed by atoms with Crippen molar-refractivity contribution in [3.05, 3.63) is 64.6 Å². The number of phenolic OH excluding ortho intramolecular Hbond substituents is 1. The molecule has 3 aromatic rings. The highest BCUT2D eigenvalue weighted by molar-refractivity contribution is 6.05. The van der Waals surface area contributed by atoms with E-state index in [9.17, 15) is 27.9 Å². The summed E-state index contributed by atoms with van der Waals surface area (Å²) < 4.78 is 48.8. The highest BCUT2D eigenvalue weighted by Gasteiger charge is 2.31. The third kappa shape index (κ3) is 3.53. The lowest BCUT2D eigenvalue weighted by molar-refractivity contribution is -0.148. The second-order valence-electron chi connectivity index (χ2n) is 7.27. The van der Waals surface area contributed by atoms with Crippen molar-refractivity contribution in [3.8, 4) is 5.75 Å². The lowest BCUT2D eigenvalue weighted by Crippen LogP contribution is -2.19.